The fraction of sp³-hybridized carbons (Fsp3) is 0.538. The topological polar surface area (TPSA) is 0 Å². The van der Waals surface area contributed by atoms with Crippen LogP contribution in [0.5, 0.6) is 0 Å². The van der Waals surface area contributed by atoms with E-state index in [0.717, 1.165) is 0 Å². The smallest absolute Gasteiger partial charge is 0.0683 e. The summed E-state index contributed by atoms with van der Waals surface area (Å²) in [5, 5.41) is 3.40. The van der Waals surface area contributed by atoms with E-state index in [1.165, 1.54) is 5.90 Å². The minimum absolute atomic E-state index is 0.755. The van der Waals surface area contributed by atoms with Crippen molar-refractivity contribution >= 4 is 25.1 Å². The van der Waals surface area contributed by atoms with Crippen molar-refractivity contribution in [2.24, 2.45) is 0 Å². The maximum atomic E-state index is 2.49. The molecular formula is C13H24P2+2. The van der Waals surface area contributed by atoms with E-state index in [0.29, 0.717) is 0 Å². The first-order chi connectivity index (χ1) is 6.93. The zero-order valence-corrected chi connectivity index (χ0v) is 12.7. The first-order valence-electron chi connectivity index (χ1n) is 5.70. The normalized spacial score (nSPS) is 20.1. The average molecular weight is 242 g/mol. The SMILES string of the molecule is CC.C[P+]1(C)C[P+](C)(C)c2ccccc21. The van der Waals surface area contributed by atoms with Gasteiger partial charge in [0.15, 0.2) is 5.90 Å². The van der Waals surface area contributed by atoms with Gasteiger partial charge in [0.25, 0.3) is 0 Å². The second-order valence-electron chi connectivity index (χ2n) is 5.00. The Morgan fingerprint density at radius 2 is 1.13 bits per heavy atom. The quantitative estimate of drug-likeness (QED) is 0.611. The van der Waals surface area contributed by atoms with E-state index in [2.05, 4.69) is 50.9 Å². The molecule has 0 bridgehead atoms. The molecule has 84 valence electrons. The average Bonchev–Trinajstić information content (AvgIpc) is 2.37. The van der Waals surface area contributed by atoms with Crippen molar-refractivity contribution in [3.05, 3.63) is 24.3 Å². The van der Waals surface area contributed by atoms with Gasteiger partial charge in [-0.05, 0) is 12.1 Å². The fourth-order valence-electron chi connectivity index (χ4n) is 2.52. The molecule has 0 saturated heterocycles. The molecular weight excluding hydrogens is 218 g/mol. The van der Waals surface area contributed by atoms with Gasteiger partial charge in [-0.25, -0.2) is 0 Å². The third-order valence-electron chi connectivity index (χ3n) is 2.89. The van der Waals surface area contributed by atoms with Crippen LogP contribution in [0.4, 0.5) is 0 Å². The lowest BCUT2D eigenvalue weighted by atomic mass is 10.4. The van der Waals surface area contributed by atoms with Crippen LogP contribution < -0.4 is 10.6 Å². The molecule has 0 aliphatic carbocycles. The Balaban J connectivity index is 0.000000531. The zero-order chi connectivity index (χ0) is 11.7. The molecule has 0 aromatic heterocycles. The van der Waals surface area contributed by atoms with Gasteiger partial charge < -0.3 is 0 Å². The number of rotatable bonds is 0. The standard InChI is InChI=1S/C11H18P2.C2H6/c1-12(2)9-13(3,4)11-8-6-5-7-10(11)12;1-2/h5-8H,9H2,1-4H3;1-2H3/q+2;. The van der Waals surface area contributed by atoms with Crippen molar-refractivity contribution in [1.29, 1.82) is 0 Å². The van der Waals surface area contributed by atoms with Gasteiger partial charge in [0.1, 0.15) is 10.6 Å². The van der Waals surface area contributed by atoms with E-state index in [4.69, 9.17) is 0 Å². The summed E-state index contributed by atoms with van der Waals surface area (Å²) in [6.07, 6.45) is 0. The number of fused-ring (bicyclic) bond motifs is 1. The van der Waals surface area contributed by atoms with Crippen LogP contribution in [0.2, 0.25) is 0 Å². The number of benzene rings is 1. The van der Waals surface area contributed by atoms with E-state index >= 15 is 0 Å². The van der Waals surface area contributed by atoms with Crippen LogP contribution in [0.1, 0.15) is 13.8 Å². The third kappa shape index (κ3) is 2.43. The summed E-state index contributed by atoms with van der Waals surface area (Å²) >= 11 is 0. The Labute approximate surface area is 96.2 Å². The van der Waals surface area contributed by atoms with Gasteiger partial charge in [-0.15, -0.1) is 0 Å². The van der Waals surface area contributed by atoms with Crippen LogP contribution in [-0.2, 0) is 0 Å². The van der Waals surface area contributed by atoms with Gasteiger partial charge in [-0.1, -0.05) is 26.0 Å². The molecule has 0 fully saturated rings. The van der Waals surface area contributed by atoms with Crippen LogP contribution in [0, 0.1) is 0 Å². The second kappa shape index (κ2) is 4.52. The minimum Gasteiger partial charge on any atom is -0.0683 e. The highest BCUT2D eigenvalue weighted by atomic mass is 31.2. The van der Waals surface area contributed by atoms with Gasteiger partial charge in [0.05, 0.1) is 41.2 Å². The molecule has 0 amide bonds. The second-order valence-corrected chi connectivity index (χ2v) is 13.8. The lowest BCUT2D eigenvalue weighted by Crippen LogP contribution is -2.19. The highest BCUT2D eigenvalue weighted by Crippen LogP contribution is 2.71. The van der Waals surface area contributed by atoms with Crippen molar-refractivity contribution in [3.8, 4) is 0 Å². The molecule has 2 rings (SSSR count). The monoisotopic (exact) mass is 242 g/mol. The van der Waals surface area contributed by atoms with Crippen LogP contribution in [0.15, 0.2) is 24.3 Å². The van der Waals surface area contributed by atoms with Gasteiger partial charge >= 0.3 is 0 Å². The summed E-state index contributed by atoms with van der Waals surface area (Å²) < 4.78 is 0. The molecule has 2 heteroatoms. The molecule has 15 heavy (non-hydrogen) atoms. The van der Waals surface area contributed by atoms with Crippen molar-refractivity contribution in [2.75, 3.05) is 32.6 Å². The molecule has 0 radical (unpaired) electrons. The minimum atomic E-state index is -0.755. The van der Waals surface area contributed by atoms with Crippen molar-refractivity contribution in [3.63, 3.8) is 0 Å². The van der Waals surface area contributed by atoms with Gasteiger partial charge in [0, 0.05) is 0 Å². The van der Waals surface area contributed by atoms with Crippen LogP contribution >= 0.6 is 14.5 Å². The summed E-state index contributed by atoms with van der Waals surface area (Å²) in [5.74, 6) is 1.49. The van der Waals surface area contributed by atoms with Crippen molar-refractivity contribution in [2.45, 2.75) is 13.8 Å². The Morgan fingerprint density at radius 3 is 1.47 bits per heavy atom. The lowest BCUT2D eigenvalue weighted by Gasteiger charge is -2.10. The summed E-state index contributed by atoms with van der Waals surface area (Å²) in [5.41, 5.74) is 0. The molecule has 1 aliphatic rings. The Morgan fingerprint density at radius 1 is 0.800 bits per heavy atom. The molecule has 0 spiro atoms. The number of hydrogen-bond donors (Lipinski definition) is 0. The van der Waals surface area contributed by atoms with Crippen molar-refractivity contribution < 1.29 is 0 Å². The third-order valence-corrected chi connectivity index (χ3v) is 12.1. The molecule has 1 aromatic carbocycles. The molecule has 1 aliphatic heterocycles. The first-order valence-corrected chi connectivity index (χ1v) is 11.4. The molecule has 1 heterocycles. The maximum absolute atomic E-state index is 2.49. The highest BCUT2D eigenvalue weighted by Gasteiger charge is 2.54. The molecule has 1 aromatic rings. The molecule has 0 N–H and O–H groups in total. The summed E-state index contributed by atoms with van der Waals surface area (Å²) in [6, 6.07) is 9.12. The predicted molar refractivity (Wildman–Crippen MR) is 79.5 cm³/mol. The molecule has 0 unspecified atom stereocenters. The van der Waals surface area contributed by atoms with E-state index < -0.39 is 14.5 Å². The maximum Gasteiger partial charge on any atom is 0.168 e. The molecule has 0 nitrogen and oxygen atoms in total. The van der Waals surface area contributed by atoms with Gasteiger partial charge in [-0.2, -0.15) is 0 Å². The Bertz CT molecular complexity index is 307. The first kappa shape index (κ1) is 13.1. The van der Waals surface area contributed by atoms with E-state index in [1.807, 2.05) is 13.8 Å². The molecule has 0 atom stereocenters. The van der Waals surface area contributed by atoms with Gasteiger partial charge in [-0.3, -0.25) is 0 Å². The summed E-state index contributed by atoms with van der Waals surface area (Å²) in [7, 11) is -1.51. The van der Waals surface area contributed by atoms with Gasteiger partial charge in [0.2, 0.25) is 0 Å². The van der Waals surface area contributed by atoms with E-state index in [9.17, 15) is 0 Å². The van der Waals surface area contributed by atoms with Crippen LogP contribution in [0.3, 0.4) is 0 Å². The fourth-order valence-corrected chi connectivity index (χ4v) is 14.8. The zero-order valence-electron chi connectivity index (χ0n) is 10.9. The Kier molecular flexibility index (Phi) is 3.96. The highest BCUT2D eigenvalue weighted by molar-refractivity contribution is 8.02. The predicted octanol–water partition coefficient (Wildman–Crippen LogP) is 3.49. The summed E-state index contributed by atoms with van der Waals surface area (Å²) in [6.45, 7) is 13.9. The summed E-state index contributed by atoms with van der Waals surface area (Å²) in [4.78, 5) is 0. The van der Waals surface area contributed by atoms with Crippen LogP contribution in [-0.4, -0.2) is 32.6 Å². The van der Waals surface area contributed by atoms with E-state index in [1.54, 1.807) is 10.6 Å². The Hall–Kier alpha value is 0.0800. The van der Waals surface area contributed by atoms with E-state index in [-0.39, 0.29) is 0 Å². The van der Waals surface area contributed by atoms with Crippen molar-refractivity contribution in [1.82, 2.24) is 0 Å². The molecule has 0 saturated carbocycles. The lowest BCUT2D eigenvalue weighted by molar-refractivity contribution is 1.50. The largest absolute Gasteiger partial charge is 0.168 e. The number of hydrogen-bond acceptors (Lipinski definition) is 0. The van der Waals surface area contributed by atoms with Crippen LogP contribution in [0.25, 0.3) is 0 Å².